The molecule has 0 spiro atoms. The third-order valence-electron chi connectivity index (χ3n) is 2.19. The Morgan fingerprint density at radius 3 is 2.73 bits per heavy atom. The second kappa shape index (κ2) is 7.39. The number of rotatable bonds is 8. The molecule has 0 radical (unpaired) electrons. The Morgan fingerprint density at radius 2 is 2.20 bits per heavy atom. The molecule has 0 aliphatic rings. The molecule has 1 amide bonds. The number of hydrogen-bond donors (Lipinski definition) is 1. The molecule has 1 N–H and O–H groups in total. The first-order valence-corrected chi connectivity index (χ1v) is 4.99. The predicted molar refractivity (Wildman–Crippen MR) is 55.6 cm³/mol. The molecule has 0 heterocycles. The zero-order valence-electron chi connectivity index (χ0n) is 9.49. The zero-order chi connectivity index (χ0) is 11.7. The quantitative estimate of drug-likeness (QED) is 0.187. The summed E-state index contributed by atoms with van der Waals surface area (Å²) < 4.78 is 0.751. The molecule has 0 saturated heterocycles. The molecule has 88 valence electrons. The molecule has 15 heavy (non-hydrogen) atoms. The third-order valence-corrected chi connectivity index (χ3v) is 2.19. The molecule has 0 rings (SSSR count). The van der Waals surface area contributed by atoms with E-state index in [1.807, 2.05) is 14.1 Å². The second-order valence-corrected chi connectivity index (χ2v) is 4.05. The Bertz CT molecular complexity index is 205. The fourth-order valence-electron chi connectivity index (χ4n) is 1.22. The van der Waals surface area contributed by atoms with Crippen molar-refractivity contribution >= 4 is 5.91 Å². The lowest BCUT2D eigenvalue weighted by Crippen LogP contribution is -2.46. The van der Waals surface area contributed by atoms with Crippen LogP contribution in [0.25, 0.3) is 0 Å². The number of quaternary nitrogens is 1. The van der Waals surface area contributed by atoms with Gasteiger partial charge in [-0.2, -0.15) is 0 Å². The lowest BCUT2D eigenvalue weighted by atomic mass is 10.3. The van der Waals surface area contributed by atoms with Crippen LogP contribution in [0.15, 0.2) is 12.7 Å². The maximum atomic E-state index is 10.9. The van der Waals surface area contributed by atoms with Crippen LogP contribution in [0.2, 0.25) is 0 Å². The van der Waals surface area contributed by atoms with Crippen molar-refractivity contribution in [1.82, 2.24) is 5.32 Å². The molecule has 0 unspecified atom stereocenters. The van der Waals surface area contributed by atoms with Crippen LogP contribution in [0, 0.1) is 0 Å². The van der Waals surface area contributed by atoms with Crippen molar-refractivity contribution < 1.29 is 19.4 Å². The zero-order valence-corrected chi connectivity index (χ0v) is 9.49. The van der Waals surface area contributed by atoms with Crippen molar-refractivity contribution in [2.24, 2.45) is 0 Å². The fraction of sp³-hybridized carbons (Fsp3) is 0.700. The molecule has 0 aromatic carbocycles. The van der Waals surface area contributed by atoms with Crippen LogP contribution in [0.5, 0.6) is 0 Å². The summed E-state index contributed by atoms with van der Waals surface area (Å²) in [6.07, 6.45) is 1.98. The number of nitrogens with zero attached hydrogens (tertiary/aromatic N) is 1. The summed E-state index contributed by atoms with van der Waals surface area (Å²) >= 11 is 0. The Kier molecular flexibility index (Phi) is 6.94. The average molecular weight is 216 g/mol. The van der Waals surface area contributed by atoms with Crippen molar-refractivity contribution in [2.45, 2.75) is 6.42 Å². The van der Waals surface area contributed by atoms with Crippen LogP contribution < -0.4 is 10.6 Å². The normalized spacial score (nSPS) is 11.1. The highest BCUT2D eigenvalue weighted by atomic mass is 17.1. The number of carbonyl (C=O) groups is 1. The summed E-state index contributed by atoms with van der Waals surface area (Å²) in [6.45, 7) is 5.88. The number of likely N-dealkylation sites (N-methyl/N-ethyl adjacent to an activating group) is 1. The van der Waals surface area contributed by atoms with Gasteiger partial charge >= 0.3 is 0 Å². The van der Waals surface area contributed by atoms with Gasteiger partial charge in [-0.15, -0.1) is 0 Å². The minimum atomic E-state index is -0.155. The Hall–Kier alpha value is -0.910. The first kappa shape index (κ1) is 14.1. The summed E-state index contributed by atoms with van der Waals surface area (Å²) in [6, 6.07) is 0. The van der Waals surface area contributed by atoms with Crippen molar-refractivity contribution in [3.8, 4) is 0 Å². The van der Waals surface area contributed by atoms with Gasteiger partial charge < -0.3 is 19.9 Å². The van der Waals surface area contributed by atoms with Crippen molar-refractivity contribution in [3.63, 3.8) is 0 Å². The molecule has 0 bridgehead atoms. The molecule has 0 aliphatic carbocycles. The maximum absolute atomic E-state index is 10.9. The van der Waals surface area contributed by atoms with Gasteiger partial charge in [-0.3, -0.25) is 4.79 Å². The second-order valence-electron chi connectivity index (χ2n) is 4.05. The molecule has 0 atom stereocenters. The molecule has 0 saturated carbocycles. The van der Waals surface area contributed by atoms with Gasteiger partial charge in [0.2, 0.25) is 5.91 Å². The highest BCUT2D eigenvalue weighted by molar-refractivity contribution is 5.86. The SMILES string of the molecule is C=CC(=O)NCC[N+](C)(C)CCCO[O-]. The molecule has 0 fully saturated rings. The lowest BCUT2D eigenvalue weighted by Gasteiger charge is -2.30. The molecule has 0 aromatic heterocycles. The van der Waals surface area contributed by atoms with Crippen LogP contribution in [0.1, 0.15) is 6.42 Å². The van der Waals surface area contributed by atoms with Gasteiger partial charge in [0.25, 0.3) is 0 Å². The molecule has 0 aromatic rings. The topological polar surface area (TPSA) is 61.4 Å². The van der Waals surface area contributed by atoms with Gasteiger partial charge in [-0.05, 0) is 6.08 Å². The van der Waals surface area contributed by atoms with Crippen LogP contribution >= 0.6 is 0 Å². The lowest BCUT2D eigenvalue weighted by molar-refractivity contribution is -0.889. The van der Waals surface area contributed by atoms with E-state index in [0.29, 0.717) is 6.54 Å². The van der Waals surface area contributed by atoms with Crippen LogP contribution in [-0.2, 0) is 9.68 Å². The van der Waals surface area contributed by atoms with E-state index in [2.05, 4.69) is 16.8 Å². The maximum Gasteiger partial charge on any atom is 0.243 e. The first-order chi connectivity index (χ1) is 7.02. The monoisotopic (exact) mass is 216 g/mol. The van der Waals surface area contributed by atoms with Crippen molar-refractivity contribution in [2.75, 3.05) is 40.3 Å². The van der Waals surface area contributed by atoms with E-state index in [-0.39, 0.29) is 12.5 Å². The van der Waals surface area contributed by atoms with Crippen LogP contribution in [-0.4, -0.2) is 50.7 Å². The van der Waals surface area contributed by atoms with Gasteiger partial charge in [0.1, 0.15) is 0 Å². The van der Waals surface area contributed by atoms with Crippen molar-refractivity contribution in [3.05, 3.63) is 12.7 Å². The van der Waals surface area contributed by atoms with Gasteiger partial charge in [0, 0.05) is 13.0 Å². The summed E-state index contributed by atoms with van der Waals surface area (Å²) in [5.41, 5.74) is 0. The minimum Gasteiger partial charge on any atom is -0.723 e. The molecule has 5 heteroatoms. The summed E-state index contributed by atoms with van der Waals surface area (Å²) in [4.78, 5) is 14.6. The first-order valence-electron chi connectivity index (χ1n) is 4.99. The number of amides is 1. The Morgan fingerprint density at radius 1 is 1.53 bits per heavy atom. The Balaban J connectivity index is 3.63. The Labute approximate surface area is 90.9 Å². The van der Waals surface area contributed by atoms with Gasteiger partial charge in [-0.1, -0.05) is 6.58 Å². The summed E-state index contributed by atoms with van der Waals surface area (Å²) in [5.74, 6) is -0.155. The summed E-state index contributed by atoms with van der Waals surface area (Å²) in [5, 5.41) is 12.5. The van der Waals surface area contributed by atoms with Gasteiger partial charge in [-0.25, -0.2) is 0 Å². The highest BCUT2D eigenvalue weighted by Crippen LogP contribution is 1.97. The number of carbonyl (C=O) groups excluding carboxylic acids is 1. The summed E-state index contributed by atoms with van der Waals surface area (Å²) in [7, 11) is 4.09. The molecule has 5 nitrogen and oxygen atoms in total. The van der Waals surface area contributed by atoms with Crippen molar-refractivity contribution in [1.29, 1.82) is 0 Å². The van der Waals surface area contributed by atoms with Crippen LogP contribution in [0.4, 0.5) is 0 Å². The predicted octanol–water partition coefficient (Wildman–Crippen LogP) is -0.953. The van der Waals surface area contributed by atoms with E-state index in [1.165, 1.54) is 6.08 Å². The van der Waals surface area contributed by atoms with E-state index in [0.717, 1.165) is 24.0 Å². The fourth-order valence-corrected chi connectivity index (χ4v) is 1.22. The van der Waals surface area contributed by atoms with E-state index < -0.39 is 0 Å². The van der Waals surface area contributed by atoms with Gasteiger partial charge in [0.15, 0.2) is 0 Å². The number of hydrogen-bond acceptors (Lipinski definition) is 3. The van der Waals surface area contributed by atoms with Crippen LogP contribution in [0.3, 0.4) is 0 Å². The minimum absolute atomic E-state index is 0.155. The largest absolute Gasteiger partial charge is 0.723 e. The van der Waals surface area contributed by atoms with E-state index in [4.69, 9.17) is 0 Å². The van der Waals surface area contributed by atoms with E-state index in [9.17, 15) is 10.1 Å². The van der Waals surface area contributed by atoms with E-state index in [1.54, 1.807) is 0 Å². The average Bonchev–Trinajstić information content (AvgIpc) is 2.17. The molecule has 0 aliphatic heterocycles. The number of nitrogens with one attached hydrogen (secondary N) is 1. The van der Waals surface area contributed by atoms with E-state index >= 15 is 0 Å². The van der Waals surface area contributed by atoms with Gasteiger partial charge in [0.05, 0.1) is 33.7 Å². The third kappa shape index (κ3) is 8.11. The molecular weight excluding hydrogens is 196 g/mol. The highest BCUT2D eigenvalue weighted by Gasteiger charge is 2.13. The standard InChI is InChI=1S/C10H20N2O3/c1-4-10(13)11-6-8-12(2,3)7-5-9-15-14/h4H,1,5-9H2,2-3H3,(H-,11,13,14). The smallest absolute Gasteiger partial charge is 0.243 e. The molecular formula is C10H20N2O3.